The summed E-state index contributed by atoms with van der Waals surface area (Å²) in [6, 6.07) is 0. The van der Waals surface area contributed by atoms with E-state index in [1.54, 1.807) is 0 Å². The van der Waals surface area contributed by atoms with Crippen molar-refractivity contribution in [1.82, 2.24) is 5.32 Å². The first-order valence-corrected chi connectivity index (χ1v) is 8.29. The van der Waals surface area contributed by atoms with Gasteiger partial charge in [0.25, 0.3) is 0 Å². The zero-order valence-electron chi connectivity index (χ0n) is 13.6. The molecule has 1 saturated carbocycles. The second-order valence-corrected chi connectivity index (χ2v) is 6.44. The van der Waals surface area contributed by atoms with Crippen LogP contribution in [0, 0.1) is 0 Å². The van der Waals surface area contributed by atoms with Crippen molar-refractivity contribution in [1.29, 1.82) is 0 Å². The van der Waals surface area contributed by atoms with Crippen molar-refractivity contribution in [3.8, 4) is 0 Å². The minimum atomic E-state index is -0.926. The van der Waals surface area contributed by atoms with Gasteiger partial charge >= 0.3 is 12.1 Å². The van der Waals surface area contributed by atoms with Crippen LogP contribution in [0.2, 0.25) is 0 Å². The van der Waals surface area contributed by atoms with E-state index in [0.717, 1.165) is 19.3 Å². The van der Waals surface area contributed by atoms with Crippen LogP contribution in [0.3, 0.4) is 0 Å². The summed E-state index contributed by atoms with van der Waals surface area (Å²) in [5.74, 6) is -0.342. The van der Waals surface area contributed by atoms with Gasteiger partial charge in [-0.3, -0.25) is 0 Å². The molecule has 0 radical (unpaired) electrons. The third-order valence-corrected chi connectivity index (χ3v) is 4.22. The molecule has 1 aliphatic carbocycles. The molecular weight excluding hydrogens is 286 g/mol. The minimum absolute atomic E-state index is 0.129. The molecule has 1 aliphatic heterocycles. The molecular formula is C16H27NO5. The van der Waals surface area contributed by atoms with E-state index in [0.29, 0.717) is 38.9 Å². The Labute approximate surface area is 131 Å². The Balaban J connectivity index is 1.96. The van der Waals surface area contributed by atoms with Gasteiger partial charge in [0.15, 0.2) is 0 Å². The van der Waals surface area contributed by atoms with E-state index in [1.165, 1.54) is 0 Å². The fraction of sp³-hybridized carbons (Fsp3) is 0.875. The number of carbonyl (C=O) groups is 2. The number of carbonyl (C=O) groups excluding carboxylic acids is 2. The van der Waals surface area contributed by atoms with Crippen molar-refractivity contribution in [3.63, 3.8) is 0 Å². The van der Waals surface area contributed by atoms with Crippen LogP contribution in [-0.4, -0.2) is 43.0 Å². The molecule has 0 aromatic carbocycles. The van der Waals surface area contributed by atoms with Gasteiger partial charge in [0.1, 0.15) is 11.6 Å². The number of esters is 1. The van der Waals surface area contributed by atoms with E-state index in [1.807, 2.05) is 13.8 Å². The van der Waals surface area contributed by atoms with Gasteiger partial charge in [-0.2, -0.15) is 0 Å². The molecule has 1 amide bonds. The lowest BCUT2D eigenvalue weighted by atomic mass is 9.81. The lowest BCUT2D eigenvalue weighted by Gasteiger charge is -2.36. The van der Waals surface area contributed by atoms with Crippen molar-refractivity contribution < 1.29 is 23.8 Å². The van der Waals surface area contributed by atoms with Gasteiger partial charge in [0, 0.05) is 12.8 Å². The lowest BCUT2D eigenvalue weighted by Crippen LogP contribution is -2.57. The van der Waals surface area contributed by atoms with Crippen molar-refractivity contribution in [2.75, 3.05) is 13.2 Å². The molecule has 0 spiro atoms. The zero-order chi connectivity index (χ0) is 16.0. The van der Waals surface area contributed by atoms with Crippen molar-refractivity contribution in [3.05, 3.63) is 0 Å². The first kappa shape index (κ1) is 17.1. The Morgan fingerprint density at radius 1 is 1.14 bits per heavy atom. The largest absolute Gasteiger partial charge is 0.461 e. The molecule has 22 heavy (non-hydrogen) atoms. The summed E-state index contributed by atoms with van der Waals surface area (Å²) in [4.78, 5) is 24.6. The van der Waals surface area contributed by atoms with Gasteiger partial charge < -0.3 is 19.5 Å². The highest BCUT2D eigenvalue weighted by Gasteiger charge is 2.43. The summed E-state index contributed by atoms with van der Waals surface area (Å²) in [6.07, 6.45) is 4.68. The first-order chi connectivity index (χ1) is 10.5. The van der Waals surface area contributed by atoms with E-state index >= 15 is 0 Å². The van der Waals surface area contributed by atoms with Crippen LogP contribution in [0.25, 0.3) is 0 Å². The maximum atomic E-state index is 12.4. The van der Waals surface area contributed by atoms with Crippen LogP contribution < -0.4 is 5.32 Å². The summed E-state index contributed by atoms with van der Waals surface area (Å²) in [6.45, 7) is 4.85. The summed E-state index contributed by atoms with van der Waals surface area (Å²) in [5, 5.41) is 2.81. The van der Waals surface area contributed by atoms with E-state index in [9.17, 15) is 9.59 Å². The van der Waals surface area contributed by atoms with E-state index in [2.05, 4.69) is 5.32 Å². The van der Waals surface area contributed by atoms with Crippen molar-refractivity contribution in [2.24, 2.45) is 0 Å². The molecule has 6 nitrogen and oxygen atoms in total. The molecule has 0 atom stereocenters. The van der Waals surface area contributed by atoms with E-state index in [-0.39, 0.29) is 18.2 Å². The normalized spacial score (nSPS) is 22.1. The average Bonchev–Trinajstić information content (AvgIpc) is 2.48. The fourth-order valence-corrected chi connectivity index (χ4v) is 3.03. The molecule has 1 heterocycles. The molecule has 1 N–H and O–H groups in total. The molecule has 1 saturated heterocycles. The van der Waals surface area contributed by atoms with Gasteiger partial charge in [-0.1, -0.05) is 19.3 Å². The summed E-state index contributed by atoms with van der Waals surface area (Å²) < 4.78 is 16.0. The monoisotopic (exact) mass is 313 g/mol. The Morgan fingerprint density at radius 3 is 2.36 bits per heavy atom. The molecule has 0 aromatic heterocycles. The van der Waals surface area contributed by atoms with E-state index < -0.39 is 11.6 Å². The molecule has 0 unspecified atom stereocenters. The molecule has 126 valence electrons. The SMILES string of the molecule is CC(C)OC(=O)C1(NC(=O)OC2CCOCC2)CCCCC1. The molecule has 0 aromatic rings. The first-order valence-electron chi connectivity index (χ1n) is 8.29. The fourth-order valence-electron chi connectivity index (χ4n) is 3.03. The average molecular weight is 313 g/mol. The van der Waals surface area contributed by atoms with Crippen LogP contribution in [0.5, 0.6) is 0 Å². The number of ether oxygens (including phenoxy) is 3. The number of alkyl carbamates (subject to hydrolysis) is 1. The zero-order valence-corrected chi connectivity index (χ0v) is 13.6. The van der Waals surface area contributed by atoms with E-state index in [4.69, 9.17) is 14.2 Å². The number of nitrogens with one attached hydrogen (secondary N) is 1. The van der Waals surface area contributed by atoms with Crippen molar-refractivity contribution >= 4 is 12.1 Å². The second kappa shape index (κ2) is 7.81. The number of rotatable bonds is 4. The lowest BCUT2D eigenvalue weighted by molar-refractivity contribution is -0.157. The Kier molecular flexibility index (Phi) is 6.06. The predicted octanol–water partition coefficient (Wildman–Crippen LogP) is 2.55. The van der Waals surface area contributed by atoms with Crippen LogP contribution in [0.4, 0.5) is 4.79 Å². The molecule has 6 heteroatoms. The van der Waals surface area contributed by atoms with Gasteiger partial charge in [0.2, 0.25) is 0 Å². The summed E-state index contributed by atoms with van der Waals surface area (Å²) in [7, 11) is 0. The Morgan fingerprint density at radius 2 is 1.77 bits per heavy atom. The van der Waals surface area contributed by atoms with Crippen LogP contribution in [0.1, 0.15) is 58.8 Å². The third-order valence-electron chi connectivity index (χ3n) is 4.22. The van der Waals surface area contributed by atoms with Crippen LogP contribution in [0.15, 0.2) is 0 Å². The Hall–Kier alpha value is -1.30. The highest BCUT2D eigenvalue weighted by Crippen LogP contribution is 2.30. The quantitative estimate of drug-likeness (QED) is 0.807. The maximum absolute atomic E-state index is 12.4. The Bertz CT molecular complexity index is 384. The maximum Gasteiger partial charge on any atom is 0.408 e. The second-order valence-electron chi connectivity index (χ2n) is 6.44. The van der Waals surface area contributed by atoms with Gasteiger partial charge in [-0.05, 0) is 26.7 Å². The molecule has 2 fully saturated rings. The summed E-state index contributed by atoms with van der Waals surface area (Å²) >= 11 is 0. The minimum Gasteiger partial charge on any atom is -0.461 e. The molecule has 2 rings (SSSR count). The highest BCUT2D eigenvalue weighted by atomic mass is 16.6. The standard InChI is InChI=1S/C16H27NO5/c1-12(2)21-14(18)16(8-4-3-5-9-16)17-15(19)22-13-6-10-20-11-7-13/h12-13H,3-11H2,1-2H3,(H,17,19). The van der Waals surface area contributed by atoms with Gasteiger partial charge in [0.05, 0.1) is 19.3 Å². The number of hydrogen-bond acceptors (Lipinski definition) is 5. The highest BCUT2D eigenvalue weighted by molar-refractivity contribution is 5.86. The van der Waals surface area contributed by atoms with Crippen LogP contribution in [-0.2, 0) is 19.0 Å². The molecule has 0 bridgehead atoms. The summed E-state index contributed by atoms with van der Waals surface area (Å²) in [5.41, 5.74) is -0.926. The molecule has 2 aliphatic rings. The topological polar surface area (TPSA) is 73.9 Å². The van der Waals surface area contributed by atoms with Gasteiger partial charge in [-0.15, -0.1) is 0 Å². The number of hydrogen-bond donors (Lipinski definition) is 1. The van der Waals surface area contributed by atoms with Gasteiger partial charge in [-0.25, -0.2) is 9.59 Å². The smallest absolute Gasteiger partial charge is 0.408 e. The number of amides is 1. The van der Waals surface area contributed by atoms with Crippen LogP contribution >= 0.6 is 0 Å². The third kappa shape index (κ3) is 4.60. The van der Waals surface area contributed by atoms with Crippen molar-refractivity contribution in [2.45, 2.75) is 76.5 Å². The predicted molar refractivity (Wildman–Crippen MR) is 80.5 cm³/mol.